The maximum absolute atomic E-state index is 12.8. The van der Waals surface area contributed by atoms with Crippen molar-refractivity contribution < 1.29 is 19.1 Å². The zero-order valence-electron chi connectivity index (χ0n) is 13.5. The van der Waals surface area contributed by atoms with Crippen molar-refractivity contribution in [3.63, 3.8) is 0 Å². The Kier molecular flexibility index (Phi) is 4.36. The number of hydrogen-bond acceptors (Lipinski definition) is 4. The van der Waals surface area contributed by atoms with Gasteiger partial charge in [0.05, 0.1) is 12.1 Å². The van der Waals surface area contributed by atoms with Crippen LogP contribution in [0.25, 0.3) is 0 Å². The van der Waals surface area contributed by atoms with E-state index in [0.29, 0.717) is 23.6 Å². The van der Waals surface area contributed by atoms with Gasteiger partial charge in [0, 0.05) is 16.6 Å². The number of aliphatic hydroxyl groups is 1. The number of carbonyl (C=O) groups excluding carboxylic acids is 2. The number of benzene rings is 1. The third-order valence-corrected chi connectivity index (χ3v) is 4.67. The van der Waals surface area contributed by atoms with E-state index in [1.165, 1.54) is 0 Å². The molecule has 0 radical (unpaired) electrons. The van der Waals surface area contributed by atoms with E-state index in [0.717, 1.165) is 10.9 Å². The van der Waals surface area contributed by atoms with Crippen LogP contribution in [0.15, 0.2) is 39.2 Å². The molecule has 1 aliphatic rings. The Labute approximate surface area is 148 Å². The second-order valence-electron chi connectivity index (χ2n) is 5.99. The Balaban J connectivity index is 2.01. The van der Waals surface area contributed by atoms with Crippen LogP contribution in [0.5, 0.6) is 0 Å². The predicted octanol–water partition coefficient (Wildman–Crippen LogP) is 3.57. The molecule has 2 aromatic rings. The third-order valence-electron chi connectivity index (χ3n) is 4.17. The molecular weight excluding hydrogens is 374 g/mol. The molecular formula is C18H18BrNO4. The normalized spacial score (nSPS) is 19.7. The lowest BCUT2D eigenvalue weighted by molar-refractivity contribution is -0.135. The number of nitrogens with zero attached hydrogens (tertiary/aromatic N) is 1. The molecule has 0 saturated carbocycles. The molecule has 0 bridgehead atoms. The molecule has 24 heavy (non-hydrogen) atoms. The Morgan fingerprint density at radius 3 is 2.71 bits per heavy atom. The first-order valence-electron chi connectivity index (χ1n) is 7.81. The van der Waals surface area contributed by atoms with Crippen molar-refractivity contribution in [1.29, 1.82) is 0 Å². The van der Waals surface area contributed by atoms with Crippen LogP contribution in [0.3, 0.4) is 0 Å². The first-order chi connectivity index (χ1) is 11.4. The Bertz CT molecular complexity index is 813. The molecule has 1 amide bonds. The first kappa shape index (κ1) is 16.9. The highest BCUT2D eigenvalue weighted by molar-refractivity contribution is 9.10. The number of hydrogen-bond donors (Lipinski definition) is 1. The zero-order chi connectivity index (χ0) is 17.5. The van der Waals surface area contributed by atoms with Crippen LogP contribution in [0.1, 0.15) is 41.6 Å². The Morgan fingerprint density at radius 2 is 2.08 bits per heavy atom. The number of rotatable bonds is 5. The molecule has 1 aromatic carbocycles. The second kappa shape index (κ2) is 6.18. The lowest BCUT2D eigenvalue weighted by atomic mass is 9.89. The van der Waals surface area contributed by atoms with E-state index in [4.69, 9.17) is 4.42 Å². The summed E-state index contributed by atoms with van der Waals surface area (Å²) in [5.41, 5.74) is -0.769. The molecule has 6 heteroatoms. The lowest BCUT2D eigenvalue weighted by Gasteiger charge is -2.22. The van der Waals surface area contributed by atoms with E-state index in [2.05, 4.69) is 15.9 Å². The van der Waals surface area contributed by atoms with Crippen LogP contribution in [0.2, 0.25) is 0 Å². The highest BCUT2D eigenvalue weighted by Crippen LogP contribution is 2.44. The summed E-state index contributed by atoms with van der Waals surface area (Å²) < 4.78 is 6.07. The van der Waals surface area contributed by atoms with Gasteiger partial charge in [-0.25, -0.2) is 0 Å². The van der Waals surface area contributed by atoms with Gasteiger partial charge in [-0.2, -0.15) is 0 Å². The van der Waals surface area contributed by atoms with E-state index in [1.54, 1.807) is 36.1 Å². The van der Waals surface area contributed by atoms with Gasteiger partial charge in [0.25, 0.3) is 5.91 Å². The van der Waals surface area contributed by atoms with E-state index in [9.17, 15) is 14.7 Å². The Morgan fingerprint density at radius 1 is 1.33 bits per heavy atom. The first-order valence-corrected chi connectivity index (χ1v) is 8.60. The zero-order valence-corrected chi connectivity index (χ0v) is 15.1. The summed E-state index contributed by atoms with van der Waals surface area (Å²) in [6, 6.07) is 8.54. The molecule has 2 heterocycles. The maximum Gasteiger partial charge on any atom is 0.264 e. The molecule has 1 N–H and O–H groups in total. The number of halogens is 1. The van der Waals surface area contributed by atoms with Crippen molar-refractivity contribution in [2.45, 2.75) is 32.3 Å². The van der Waals surface area contributed by atoms with Gasteiger partial charge in [-0.3, -0.25) is 9.59 Å². The van der Waals surface area contributed by atoms with Gasteiger partial charge in [0.2, 0.25) is 5.78 Å². The average molecular weight is 392 g/mol. The van der Waals surface area contributed by atoms with Crippen LogP contribution in [0, 0.1) is 6.92 Å². The lowest BCUT2D eigenvalue weighted by Crippen LogP contribution is -2.42. The highest BCUT2D eigenvalue weighted by Gasteiger charge is 2.51. The minimum absolute atomic E-state index is 0.152. The number of carbonyl (C=O) groups is 2. The van der Waals surface area contributed by atoms with Gasteiger partial charge in [0.1, 0.15) is 5.76 Å². The van der Waals surface area contributed by atoms with Crippen molar-refractivity contribution in [3.8, 4) is 0 Å². The summed E-state index contributed by atoms with van der Waals surface area (Å²) in [4.78, 5) is 26.9. The van der Waals surface area contributed by atoms with Crippen molar-refractivity contribution >= 4 is 33.3 Å². The van der Waals surface area contributed by atoms with Crippen molar-refractivity contribution in [1.82, 2.24) is 0 Å². The van der Waals surface area contributed by atoms with Crippen LogP contribution < -0.4 is 4.90 Å². The third kappa shape index (κ3) is 2.70. The fourth-order valence-electron chi connectivity index (χ4n) is 3.04. The SMILES string of the molecule is CCCN1C(=O)[C@@](O)(CC(=O)c2ccc(C)o2)c2cc(Br)ccc21. The molecule has 0 unspecified atom stereocenters. The molecule has 1 atom stereocenters. The van der Waals surface area contributed by atoms with Crippen LogP contribution in [0.4, 0.5) is 5.69 Å². The number of furan rings is 1. The van der Waals surface area contributed by atoms with Crippen LogP contribution >= 0.6 is 15.9 Å². The summed E-state index contributed by atoms with van der Waals surface area (Å²) in [7, 11) is 0. The van der Waals surface area contributed by atoms with Crippen LogP contribution in [-0.4, -0.2) is 23.3 Å². The summed E-state index contributed by atoms with van der Waals surface area (Å²) in [5.74, 6) is -0.102. The molecule has 0 fully saturated rings. The highest BCUT2D eigenvalue weighted by atomic mass is 79.9. The largest absolute Gasteiger partial charge is 0.458 e. The molecule has 5 nitrogen and oxygen atoms in total. The quantitative estimate of drug-likeness (QED) is 0.790. The van der Waals surface area contributed by atoms with E-state index in [1.807, 2.05) is 13.0 Å². The number of aryl methyl sites for hydroxylation is 1. The van der Waals surface area contributed by atoms with Crippen molar-refractivity contribution in [2.24, 2.45) is 0 Å². The van der Waals surface area contributed by atoms with Gasteiger partial charge in [-0.05, 0) is 43.7 Å². The molecule has 1 aromatic heterocycles. The van der Waals surface area contributed by atoms with Gasteiger partial charge >= 0.3 is 0 Å². The maximum atomic E-state index is 12.8. The van der Waals surface area contributed by atoms with Crippen molar-refractivity contribution in [2.75, 3.05) is 11.4 Å². The predicted molar refractivity (Wildman–Crippen MR) is 93.1 cm³/mol. The standard InChI is InChI=1S/C18H18BrNO4/c1-3-8-20-14-6-5-12(19)9-13(14)18(23,17(20)22)10-15(21)16-7-4-11(2)24-16/h4-7,9,23H,3,8,10H2,1-2H3/t18-/m1/s1. The summed E-state index contributed by atoms with van der Waals surface area (Å²) in [6.45, 7) is 4.19. The molecule has 1 aliphatic heterocycles. The van der Waals surface area contributed by atoms with E-state index >= 15 is 0 Å². The van der Waals surface area contributed by atoms with Gasteiger partial charge in [0.15, 0.2) is 11.4 Å². The van der Waals surface area contributed by atoms with Crippen LogP contribution in [-0.2, 0) is 10.4 Å². The average Bonchev–Trinajstić information content (AvgIpc) is 3.05. The summed E-state index contributed by atoms with van der Waals surface area (Å²) in [6.07, 6.45) is 0.408. The van der Waals surface area contributed by atoms with E-state index in [-0.39, 0.29) is 12.2 Å². The number of Topliss-reactive ketones (excluding diaryl/α,β-unsaturated/α-hetero) is 1. The second-order valence-corrected chi connectivity index (χ2v) is 6.90. The number of anilines is 1. The number of fused-ring (bicyclic) bond motifs is 1. The van der Waals surface area contributed by atoms with Gasteiger partial charge in [-0.1, -0.05) is 22.9 Å². The minimum atomic E-state index is -1.87. The molecule has 0 saturated heterocycles. The van der Waals surface area contributed by atoms with Crippen molar-refractivity contribution in [3.05, 3.63) is 51.9 Å². The fourth-order valence-corrected chi connectivity index (χ4v) is 3.40. The summed E-state index contributed by atoms with van der Waals surface area (Å²) in [5, 5.41) is 11.1. The smallest absolute Gasteiger partial charge is 0.264 e. The number of amides is 1. The number of ketones is 1. The fraction of sp³-hybridized carbons (Fsp3) is 0.333. The van der Waals surface area contributed by atoms with E-state index < -0.39 is 17.3 Å². The molecule has 0 spiro atoms. The topological polar surface area (TPSA) is 70.8 Å². The monoisotopic (exact) mass is 391 g/mol. The summed E-state index contributed by atoms with van der Waals surface area (Å²) >= 11 is 3.37. The molecule has 3 rings (SSSR count). The molecule has 126 valence electrons. The molecule has 0 aliphatic carbocycles. The van der Waals surface area contributed by atoms with Gasteiger partial charge in [-0.15, -0.1) is 0 Å². The van der Waals surface area contributed by atoms with Gasteiger partial charge < -0.3 is 14.4 Å². The Hall–Kier alpha value is -1.92. The minimum Gasteiger partial charge on any atom is -0.458 e.